The largest absolute Gasteiger partial charge is 0.374 e. The predicted molar refractivity (Wildman–Crippen MR) is 41.4 cm³/mol. The van der Waals surface area contributed by atoms with Crippen molar-refractivity contribution in [2.75, 3.05) is 6.54 Å². The average molecular weight is 125 g/mol. The van der Waals surface area contributed by atoms with Crippen LogP contribution in [0.15, 0.2) is 4.99 Å². The Labute approximate surface area is 56.1 Å². The molecule has 3 nitrogen and oxygen atoms in total. The molecule has 1 rings (SSSR count). The third kappa shape index (κ3) is 1.45. The van der Waals surface area contributed by atoms with E-state index in [9.17, 15) is 0 Å². The number of hydrogen-bond acceptors (Lipinski definition) is 3. The number of hydrogen-bond donors (Lipinski definition) is 2. The minimum atomic E-state index is 0.00579. The third-order valence-electron chi connectivity index (χ3n) is 1.61. The van der Waals surface area contributed by atoms with Gasteiger partial charge in [0.1, 0.15) is 7.85 Å². The lowest BCUT2D eigenvalue weighted by Gasteiger charge is -2.23. The van der Waals surface area contributed by atoms with E-state index in [0.29, 0.717) is 5.82 Å². The van der Waals surface area contributed by atoms with Gasteiger partial charge in [0.05, 0.1) is 12.0 Å². The lowest BCUT2D eigenvalue weighted by atomic mass is 9.84. The molecule has 0 aromatic carbocycles. The van der Waals surface area contributed by atoms with Gasteiger partial charge in [0.2, 0.25) is 0 Å². The van der Waals surface area contributed by atoms with Gasteiger partial charge in [0, 0.05) is 6.54 Å². The molecular formula is C5H12BN3. The molecule has 0 aromatic rings. The van der Waals surface area contributed by atoms with Gasteiger partial charge < -0.3 is 11.1 Å². The second kappa shape index (κ2) is 2.39. The summed E-state index contributed by atoms with van der Waals surface area (Å²) in [5.41, 5.74) is 5.64. The fourth-order valence-electron chi connectivity index (χ4n) is 0.826. The summed E-state index contributed by atoms with van der Waals surface area (Å²) < 4.78 is 0. The number of nitrogens with one attached hydrogen (secondary N) is 1. The van der Waals surface area contributed by atoms with Gasteiger partial charge in [-0.15, -0.1) is 0 Å². The molecular weight excluding hydrogens is 113 g/mol. The molecule has 1 aliphatic heterocycles. The second-order valence-electron chi connectivity index (χ2n) is 2.56. The van der Waals surface area contributed by atoms with Crippen LogP contribution >= 0.6 is 0 Å². The van der Waals surface area contributed by atoms with Crippen molar-refractivity contribution < 1.29 is 0 Å². The molecule has 0 aromatic heterocycles. The van der Waals surface area contributed by atoms with Gasteiger partial charge in [-0.3, -0.25) is 4.99 Å². The summed E-state index contributed by atoms with van der Waals surface area (Å²) in [5.74, 6) is 1.43. The molecule has 0 spiro atoms. The molecule has 0 fully saturated rings. The Morgan fingerprint density at radius 3 is 3.00 bits per heavy atom. The van der Waals surface area contributed by atoms with Gasteiger partial charge in [-0.1, -0.05) is 0 Å². The molecule has 2 unspecified atom stereocenters. The highest BCUT2D eigenvalue weighted by Gasteiger charge is 2.15. The highest BCUT2D eigenvalue weighted by Crippen LogP contribution is 2.07. The van der Waals surface area contributed by atoms with Crippen molar-refractivity contribution in [1.82, 2.24) is 5.32 Å². The number of aliphatic imine (C=N–C) groups is 1. The quantitative estimate of drug-likeness (QED) is 0.396. The number of rotatable bonds is 0. The molecule has 1 heterocycles. The maximum atomic E-state index is 5.64. The molecule has 0 aliphatic carbocycles. The topological polar surface area (TPSA) is 50.4 Å². The Kier molecular flexibility index (Phi) is 1.76. The van der Waals surface area contributed by atoms with E-state index in [1.807, 2.05) is 6.92 Å². The van der Waals surface area contributed by atoms with Gasteiger partial charge in [-0.25, -0.2) is 0 Å². The van der Waals surface area contributed by atoms with Gasteiger partial charge in [-0.05, 0) is 12.7 Å². The number of amidine groups is 1. The molecule has 50 valence electrons. The number of nitrogens with zero attached hydrogens (tertiary/aromatic N) is 1. The lowest BCUT2D eigenvalue weighted by molar-refractivity contribution is 0.593. The predicted octanol–water partition coefficient (Wildman–Crippen LogP) is -1.29. The van der Waals surface area contributed by atoms with Crippen LogP contribution in [0.5, 0.6) is 0 Å². The van der Waals surface area contributed by atoms with Gasteiger partial charge in [-0.2, -0.15) is 0 Å². The standard InChI is InChI=1S/C5H12BN3/c1-3-8-2-4(6)5(7)9-3/h4-5H,2,6-7H2,1H3,(H,8,9). The normalized spacial score (nSPS) is 35.1. The summed E-state index contributed by atoms with van der Waals surface area (Å²) in [4.78, 5) is 4.15. The van der Waals surface area contributed by atoms with Gasteiger partial charge in [0.25, 0.3) is 0 Å². The second-order valence-corrected chi connectivity index (χ2v) is 2.56. The van der Waals surface area contributed by atoms with E-state index in [1.54, 1.807) is 0 Å². The Morgan fingerprint density at radius 1 is 1.89 bits per heavy atom. The van der Waals surface area contributed by atoms with Crippen LogP contribution in [0.1, 0.15) is 6.92 Å². The van der Waals surface area contributed by atoms with Crippen LogP contribution in [0.4, 0.5) is 0 Å². The summed E-state index contributed by atoms with van der Waals surface area (Å²) in [6.45, 7) is 2.89. The molecule has 2 atom stereocenters. The summed E-state index contributed by atoms with van der Waals surface area (Å²) >= 11 is 0. The van der Waals surface area contributed by atoms with Gasteiger partial charge >= 0.3 is 0 Å². The van der Waals surface area contributed by atoms with E-state index in [0.717, 1.165) is 12.4 Å². The maximum absolute atomic E-state index is 5.64. The van der Waals surface area contributed by atoms with E-state index < -0.39 is 0 Å². The van der Waals surface area contributed by atoms with Crippen LogP contribution in [0.2, 0.25) is 5.82 Å². The number of nitrogens with two attached hydrogens (primary N) is 1. The van der Waals surface area contributed by atoms with Gasteiger partial charge in [0.15, 0.2) is 0 Å². The third-order valence-corrected chi connectivity index (χ3v) is 1.61. The first-order valence-electron chi connectivity index (χ1n) is 3.24. The summed E-state index contributed by atoms with van der Waals surface area (Å²) in [5, 5.41) is 3.13. The van der Waals surface area contributed by atoms with Crippen molar-refractivity contribution in [1.29, 1.82) is 0 Å². The minimum Gasteiger partial charge on any atom is -0.374 e. The first-order valence-corrected chi connectivity index (χ1v) is 3.24. The monoisotopic (exact) mass is 125 g/mol. The molecule has 0 saturated carbocycles. The van der Waals surface area contributed by atoms with Crippen LogP contribution in [-0.4, -0.2) is 26.4 Å². The van der Waals surface area contributed by atoms with Crippen LogP contribution in [0.3, 0.4) is 0 Å². The first-order chi connectivity index (χ1) is 4.20. The summed E-state index contributed by atoms with van der Waals surface area (Å²) in [6.07, 6.45) is 0.00579. The molecule has 0 bridgehead atoms. The molecule has 1 aliphatic rings. The van der Waals surface area contributed by atoms with Crippen molar-refractivity contribution in [3.63, 3.8) is 0 Å². The molecule has 9 heavy (non-hydrogen) atoms. The minimum absolute atomic E-state index is 0.00579. The highest BCUT2D eigenvalue weighted by molar-refractivity contribution is 6.12. The van der Waals surface area contributed by atoms with Crippen LogP contribution in [0, 0.1) is 0 Å². The van der Waals surface area contributed by atoms with Crippen molar-refractivity contribution in [2.45, 2.75) is 18.9 Å². The molecule has 0 amide bonds. The fourth-order valence-corrected chi connectivity index (χ4v) is 0.826. The van der Waals surface area contributed by atoms with Crippen molar-refractivity contribution in [3.8, 4) is 0 Å². The van der Waals surface area contributed by atoms with E-state index in [4.69, 9.17) is 5.73 Å². The Balaban J connectivity index is 2.58. The molecule has 0 radical (unpaired) electrons. The smallest absolute Gasteiger partial charge is 0.112 e. The highest BCUT2D eigenvalue weighted by atomic mass is 15.1. The van der Waals surface area contributed by atoms with Crippen LogP contribution in [-0.2, 0) is 0 Å². The fraction of sp³-hybridized carbons (Fsp3) is 0.800. The van der Waals surface area contributed by atoms with Crippen LogP contribution in [0.25, 0.3) is 0 Å². The van der Waals surface area contributed by atoms with Crippen molar-refractivity contribution in [3.05, 3.63) is 0 Å². The Hall–Kier alpha value is -0.505. The average Bonchev–Trinajstić information content (AvgIpc) is 1.80. The van der Waals surface area contributed by atoms with E-state index in [-0.39, 0.29) is 6.17 Å². The molecule has 3 N–H and O–H groups in total. The van der Waals surface area contributed by atoms with E-state index in [1.165, 1.54) is 0 Å². The summed E-state index contributed by atoms with van der Waals surface area (Å²) in [7, 11) is 2.09. The molecule has 4 heteroatoms. The lowest BCUT2D eigenvalue weighted by Crippen LogP contribution is -2.40. The first kappa shape index (κ1) is 6.61. The zero-order valence-electron chi connectivity index (χ0n) is 5.89. The van der Waals surface area contributed by atoms with Crippen molar-refractivity contribution in [2.24, 2.45) is 10.7 Å². The summed E-state index contributed by atoms with van der Waals surface area (Å²) in [6, 6.07) is 0. The maximum Gasteiger partial charge on any atom is 0.112 e. The van der Waals surface area contributed by atoms with E-state index >= 15 is 0 Å². The van der Waals surface area contributed by atoms with Crippen molar-refractivity contribution >= 4 is 13.7 Å². The Bertz CT molecular complexity index is 134. The Morgan fingerprint density at radius 2 is 2.56 bits per heavy atom. The zero-order chi connectivity index (χ0) is 6.85. The SMILES string of the molecule is BC1CNC(C)=NC1N. The molecule has 0 saturated heterocycles. The zero-order valence-corrected chi connectivity index (χ0v) is 5.89. The van der Waals surface area contributed by atoms with Crippen LogP contribution < -0.4 is 11.1 Å². The van der Waals surface area contributed by atoms with E-state index in [2.05, 4.69) is 18.2 Å².